The number of hydrogen-bond donors (Lipinski definition) is 1. The summed E-state index contributed by atoms with van der Waals surface area (Å²) in [6.07, 6.45) is 0. The summed E-state index contributed by atoms with van der Waals surface area (Å²) >= 11 is 5.94. The first-order valence-electron chi connectivity index (χ1n) is 9.25. The Hall–Kier alpha value is -1.93. The molecule has 0 aromatic heterocycles. The van der Waals surface area contributed by atoms with Gasteiger partial charge in [0.05, 0.1) is 44.7 Å². The smallest absolute Gasteiger partial charge is 0.243 e. The van der Waals surface area contributed by atoms with Crippen LogP contribution in [0.1, 0.15) is 5.56 Å². The van der Waals surface area contributed by atoms with Crippen LogP contribution in [0.5, 0.6) is 0 Å². The topological polar surface area (TPSA) is 62.1 Å². The number of quaternary nitrogens is 1. The van der Waals surface area contributed by atoms with Crippen molar-refractivity contribution in [2.45, 2.75) is 11.4 Å². The van der Waals surface area contributed by atoms with Gasteiger partial charge in [0.15, 0.2) is 0 Å². The number of piperazine rings is 1. The molecule has 1 aliphatic rings. The van der Waals surface area contributed by atoms with Gasteiger partial charge in [-0.3, -0.25) is 4.79 Å². The van der Waals surface area contributed by atoms with Crippen molar-refractivity contribution in [3.05, 3.63) is 65.2 Å². The molecule has 28 heavy (non-hydrogen) atoms. The second-order valence-corrected chi connectivity index (χ2v) is 9.42. The number of likely N-dealkylation sites (N-methyl/N-ethyl adjacent to an activating group) is 1. The summed E-state index contributed by atoms with van der Waals surface area (Å²) in [5.74, 6) is -0.166. The van der Waals surface area contributed by atoms with Crippen LogP contribution < -0.4 is 4.90 Å². The Labute approximate surface area is 171 Å². The molecular formula is C20H25ClN3O3S+. The summed E-state index contributed by atoms with van der Waals surface area (Å²) in [5.41, 5.74) is 0.777. The second kappa shape index (κ2) is 9.05. The highest BCUT2D eigenvalue weighted by Gasteiger charge is 2.30. The summed E-state index contributed by atoms with van der Waals surface area (Å²) in [4.78, 5) is 16.1. The molecular weight excluding hydrogens is 398 g/mol. The summed E-state index contributed by atoms with van der Waals surface area (Å²) in [6, 6.07) is 15.2. The van der Waals surface area contributed by atoms with Gasteiger partial charge in [-0.2, -0.15) is 4.31 Å². The predicted molar refractivity (Wildman–Crippen MR) is 109 cm³/mol. The zero-order valence-electron chi connectivity index (χ0n) is 15.8. The molecule has 1 saturated heterocycles. The number of nitrogens with zero attached hydrogens (tertiary/aromatic N) is 2. The fraction of sp³-hybridized carbons (Fsp3) is 0.350. The minimum Gasteiger partial charge on any atom is -0.334 e. The fourth-order valence-electron chi connectivity index (χ4n) is 3.15. The van der Waals surface area contributed by atoms with E-state index in [0.717, 1.165) is 18.7 Å². The molecule has 1 fully saturated rings. The molecule has 2 aromatic carbocycles. The van der Waals surface area contributed by atoms with Gasteiger partial charge < -0.3 is 9.80 Å². The van der Waals surface area contributed by atoms with Gasteiger partial charge in [-0.1, -0.05) is 41.9 Å². The normalized spacial score (nSPS) is 15.8. The highest BCUT2D eigenvalue weighted by molar-refractivity contribution is 7.89. The zero-order chi connectivity index (χ0) is 20.1. The molecule has 8 heteroatoms. The van der Waals surface area contributed by atoms with E-state index in [1.807, 2.05) is 0 Å². The monoisotopic (exact) mass is 422 g/mol. The molecule has 1 N–H and O–H groups in total. The van der Waals surface area contributed by atoms with Crippen LogP contribution in [0.2, 0.25) is 5.02 Å². The molecule has 1 aliphatic heterocycles. The van der Waals surface area contributed by atoms with Crippen LogP contribution in [-0.4, -0.2) is 63.3 Å². The van der Waals surface area contributed by atoms with Crippen LogP contribution >= 0.6 is 11.6 Å². The van der Waals surface area contributed by atoms with Crippen LogP contribution in [0.25, 0.3) is 0 Å². The van der Waals surface area contributed by atoms with E-state index in [0.29, 0.717) is 18.1 Å². The lowest BCUT2D eigenvalue weighted by atomic mass is 10.2. The van der Waals surface area contributed by atoms with Gasteiger partial charge in [0.1, 0.15) is 0 Å². The number of carbonyl (C=O) groups is 1. The molecule has 0 unspecified atom stereocenters. The maximum absolute atomic E-state index is 13.2. The number of benzene rings is 2. The van der Waals surface area contributed by atoms with E-state index in [1.165, 1.54) is 9.21 Å². The molecule has 2 aromatic rings. The van der Waals surface area contributed by atoms with E-state index < -0.39 is 10.0 Å². The third kappa shape index (κ3) is 5.11. The molecule has 1 heterocycles. The Kier molecular flexibility index (Phi) is 6.72. The maximum atomic E-state index is 13.2. The SMILES string of the molecule is C[NH+]1CCN(C(=O)CN(Cc2ccc(Cl)cc2)S(=O)(=O)c2ccccc2)CC1. The van der Waals surface area contributed by atoms with E-state index in [-0.39, 0.29) is 23.9 Å². The van der Waals surface area contributed by atoms with E-state index in [1.54, 1.807) is 59.5 Å². The summed E-state index contributed by atoms with van der Waals surface area (Å²) in [6.45, 7) is 2.95. The Balaban J connectivity index is 1.83. The average molecular weight is 423 g/mol. The van der Waals surface area contributed by atoms with Crippen molar-refractivity contribution in [3.63, 3.8) is 0 Å². The minimum absolute atomic E-state index is 0.110. The Morgan fingerprint density at radius 1 is 1.07 bits per heavy atom. The number of sulfonamides is 1. The van der Waals surface area contributed by atoms with Crippen molar-refractivity contribution >= 4 is 27.5 Å². The molecule has 0 radical (unpaired) electrons. The molecule has 6 nitrogen and oxygen atoms in total. The third-order valence-electron chi connectivity index (χ3n) is 4.93. The van der Waals surface area contributed by atoms with Crippen LogP contribution in [0.15, 0.2) is 59.5 Å². The lowest BCUT2D eigenvalue weighted by Crippen LogP contribution is -3.12. The largest absolute Gasteiger partial charge is 0.334 e. The standard InChI is InChI=1S/C20H24ClN3O3S/c1-22-11-13-23(14-12-22)20(25)16-24(15-17-7-9-18(21)10-8-17)28(26,27)19-5-3-2-4-6-19/h2-10H,11-16H2,1H3/p+1. The molecule has 1 amide bonds. The Morgan fingerprint density at radius 3 is 2.29 bits per heavy atom. The molecule has 0 atom stereocenters. The number of rotatable bonds is 6. The first kappa shape index (κ1) is 20.8. The summed E-state index contributed by atoms with van der Waals surface area (Å²) in [7, 11) is -1.71. The highest BCUT2D eigenvalue weighted by atomic mass is 35.5. The molecule has 150 valence electrons. The van der Waals surface area contributed by atoms with Gasteiger partial charge in [0.25, 0.3) is 0 Å². The molecule has 0 bridgehead atoms. The van der Waals surface area contributed by atoms with Crippen molar-refractivity contribution in [2.75, 3.05) is 39.8 Å². The number of carbonyl (C=O) groups excluding carboxylic acids is 1. The first-order valence-corrected chi connectivity index (χ1v) is 11.1. The molecule has 0 saturated carbocycles. The van der Waals surface area contributed by atoms with E-state index in [4.69, 9.17) is 11.6 Å². The van der Waals surface area contributed by atoms with E-state index in [9.17, 15) is 13.2 Å². The van der Waals surface area contributed by atoms with Gasteiger partial charge in [-0.05, 0) is 29.8 Å². The van der Waals surface area contributed by atoms with Gasteiger partial charge in [0.2, 0.25) is 15.9 Å². The maximum Gasteiger partial charge on any atom is 0.243 e. The van der Waals surface area contributed by atoms with E-state index >= 15 is 0 Å². The lowest BCUT2D eigenvalue weighted by molar-refractivity contribution is -0.883. The quantitative estimate of drug-likeness (QED) is 0.752. The van der Waals surface area contributed by atoms with Crippen LogP contribution in [-0.2, 0) is 21.4 Å². The van der Waals surface area contributed by atoms with Gasteiger partial charge in [-0.25, -0.2) is 8.42 Å². The Bertz CT molecular complexity index is 896. The number of halogens is 1. The summed E-state index contributed by atoms with van der Waals surface area (Å²) in [5, 5.41) is 0.581. The molecule has 0 spiro atoms. The average Bonchev–Trinajstić information content (AvgIpc) is 2.70. The molecule has 3 rings (SSSR count). The minimum atomic E-state index is -3.81. The number of amides is 1. The Morgan fingerprint density at radius 2 is 1.68 bits per heavy atom. The second-order valence-electron chi connectivity index (χ2n) is 7.05. The van der Waals surface area contributed by atoms with Gasteiger partial charge in [0, 0.05) is 11.6 Å². The lowest BCUT2D eigenvalue weighted by Gasteiger charge is -2.32. The highest BCUT2D eigenvalue weighted by Crippen LogP contribution is 2.19. The predicted octanol–water partition coefficient (Wildman–Crippen LogP) is 0.888. The van der Waals surface area contributed by atoms with Crippen LogP contribution in [0.3, 0.4) is 0 Å². The zero-order valence-corrected chi connectivity index (χ0v) is 17.4. The van der Waals surface area contributed by atoms with E-state index in [2.05, 4.69) is 7.05 Å². The van der Waals surface area contributed by atoms with Crippen molar-refractivity contribution < 1.29 is 18.1 Å². The van der Waals surface area contributed by atoms with Crippen LogP contribution in [0, 0.1) is 0 Å². The third-order valence-corrected chi connectivity index (χ3v) is 6.99. The number of nitrogens with one attached hydrogen (secondary N) is 1. The fourth-order valence-corrected chi connectivity index (χ4v) is 4.67. The first-order chi connectivity index (χ1) is 13.4. The number of hydrogen-bond acceptors (Lipinski definition) is 3. The van der Waals surface area contributed by atoms with Crippen molar-refractivity contribution in [2.24, 2.45) is 0 Å². The van der Waals surface area contributed by atoms with Crippen molar-refractivity contribution in [3.8, 4) is 0 Å². The van der Waals surface area contributed by atoms with Crippen LogP contribution in [0.4, 0.5) is 0 Å². The van der Waals surface area contributed by atoms with Crippen molar-refractivity contribution in [1.29, 1.82) is 0 Å². The summed E-state index contributed by atoms with van der Waals surface area (Å²) < 4.78 is 27.6. The molecule has 0 aliphatic carbocycles. The van der Waals surface area contributed by atoms with Gasteiger partial charge >= 0.3 is 0 Å². The van der Waals surface area contributed by atoms with Gasteiger partial charge in [-0.15, -0.1) is 0 Å². The van der Waals surface area contributed by atoms with Crippen molar-refractivity contribution in [1.82, 2.24) is 9.21 Å².